The van der Waals surface area contributed by atoms with Crippen LogP contribution in [0.4, 0.5) is 10.6 Å². The molecule has 0 atom stereocenters. The summed E-state index contributed by atoms with van der Waals surface area (Å²) in [5.41, 5.74) is -0.569. The second-order valence-corrected chi connectivity index (χ2v) is 4.99. The second kappa shape index (κ2) is 5.31. The van der Waals surface area contributed by atoms with Crippen LogP contribution in [0.3, 0.4) is 0 Å². The standard InChI is InChI=1S/C10H14BrN3O3/c1-10(2,3)17-9(15)14-7-8(16-4)13-6(11)5-12-7/h5H,1-4H3,(H,12,14,15). The zero-order chi connectivity index (χ0) is 13.1. The Hall–Kier alpha value is -1.37. The lowest BCUT2D eigenvalue weighted by molar-refractivity contribution is 0.0634. The van der Waals surface area contributed by atoms with E-state index in [4.69, 9.17) is 9.47 Å². The van der Waals surface area contributed by atoms with Crippen LogP contribution in [0.15, 0.2) is 10.8 Å². The second-order valence-electron chi connectivity index (χ2n) is 4.18. The van der Waals surface area contributed by atoms with Crippen LogP contribution in [-0.2, 0) is 4.74 Å². The molecule has 0 aliphatic carbocycles. The van der Waals surface area contributed by atoms with E-state index in [-0.39, 0.29) is 11.7 Å². The van der Waals surface area contributed by atoms with E-state index in [1.807, 2.05) is 0 Å². The van der Waals surface area contributed by atoms with Gasteiger partial charge in [-0.1, -0.05) is 0 Å². The molecule has 6 nitrogen and oxygen atoms in total. The summed E-state index contributed by atoms with van der Waals surface area (Å²) in [5.74, 6) is 0.426. The number of nitrogens with zero attached hydrogens (tertiary/aromatic N) is 2. The Labute approximate surface area is 108 Å². The molecule has 17 heavy (non-hydrogen) atoms. The minimum Gasteiger partial charge on any atom is -0.478 e. The summed E-state index contributed by atoms with van der Waals surface area (Å²) in [6.45, 7) is 5.32. The van der Waals surface area contributed by atoms with Gasteiger partial charge in [0.1, 0.15) is 10.2 Å². The summed E-state index contributed by atoms with van der Waals surface area (Å²) >= 11 is 3.15. The fourth-order valence-electron chi connectivity index (χ4n) is 0.980. The first-order valence-corrected chi connectivity index (χ1v) is 5.67. The average Bonchev–Trinajstić information content (AvgIpc) is 2.17. The van der Waals surface area contributed by atoms with Crippen LogP contribution in [0.5, 0.6) is 5.88 Å². The highest BCUT2D eigenvalue weighted by molar-refractivity contribution is 9.10. The van der Waals surface area contributed by atoms with Crippen molar-refractivity contribution in [3.63, 3.8) is 0 Å². The van der Waals surface area contributed by atoms with Gasteiger partial charge in [0, 0.05) is 0 Å². The van der Waals surface area contributed by atoms with Gasteiger partial charge in [-0.25, -0.2) is 14.8 Å². The van der Waals surface area contributed by atoms with Gasteiger partial charge in [-0.15, -0.1) is 0 Å². The Kier molecular flexibility index (Phi) is 4.28. The average molecular weight is 304 g/mol. The van der Waals surface area contributed by atoms with Crippen molar-refractivity contribution in [3.8, 4) is 5.88 Å². The third-order valence-corrected chi connectivity index (χ3v) is 1.91. The van der Waals surface area contributed by atoms with Crippen molar-refractivity contribution in [3.05, 3.63) is 10.8 Å². The maximum Gasteiger partial charge on any atom is 0.413 e. The molecule has 0 aliphatic heterocycles. The van der Waals surface area contributed by atoms with Crippen molar-refractivity contribution in [2.75, 3.05) is 12.4 Å². The molecule has 94 valence electrons. The number of amides is 1. The fraction of sp³-hybridized carbons (Fsp3) is 0.500. The van der Waals surface area contributed by atoms with E-state index in [9.17, 15) is 4.79 Å². The minimum absolute atomic E-state index is 0.213. The van der Waals surface area contributed by atoms with Gasteiger partial charge in [0.2, 0.25) is 0 Å². The summed E-state index contributed by atoms with van der Waals surface area (Å²) in [4.78, 5) is 19.5. The summed E-state index contributed by atoms with van der Waals surface area (Å²) in [5, 5.41) is 2.46. The Bertz CT molecular complexity index is 418. The molecule has 0 fully saturated rings. The first-order valence-electron chi connectivity index (χ1n) is 4.88. The molecule has 1 aromatic rings. The number of rotatable bonds is 2. The van der Waals surface area contributed by atoms with Crippen LogP contribution < -0.4 is 10.1 Å². The third-order valence-electron chi connectivity index (χ3n) is 1.52. The molecule has 1 N–H and O–H groups in total. The van der Waals surface area contributed by atoms with E-state index in [0.29, 0.717) is 4.60 Å². The zero-order valence-corrected chi connectivity index (χ0v) is 11.7. The van der Waals surface area contributed by atoms with Crippen LogP contribution >= 0.6 is 15.9 Å². The largest absolute Gasteiger partial charge is 0.478 e. The van der Waals surface area contributed by atoms with Crippen molar-refractivity contribution >= 4 is 27.8 Å². The molecule has 0 aromatic carbocycles. The van der Waals surface area contributed by atoms with Gasteiger partial charge in [-0.2, -0.15) is 0 Å². The highest BCUT2D eigenvalue weighted by Gasteiger charge is 2.18. The number of carbonyl (C=O) groups excluding carboxylic acids is 1. The number of nitrogens with one attached hydrogen (secondary N) is 1. The molecule has 0 radical (unpaired) electrons. The molecule has 0 bridgehead atoms. The number of carbonyl (C=O) groups is 1. The number of hydrogen-bond donors (Lipinski definition) is 1. The summed E-state index contributed by atoms with van der Waals surface area (Å²) < 4.78 is 10.6. The molecule has 0 unspecified atom stereocenters. The van der Waals surface area contributed by atoms with Crippen LogP contribution in [0, 0.1) is 0 Å². The minimum atomic E-state index is -0.604. The molecular formula is C10H14BrN3O3. The van der Waals surface area contributed by atoms with Crippen LogP contribution in [0.1, 0.15) is 20.8 Å². The summed E-state index contributed by atoms with van der Waals surface area (Å²) in [7, 11) is 1.44. The number of hydrogen-bond acceptors (Lipinski definition) is 5. The topological polar surface area (TPSA) is 73.3 Å². The quantitative estimate of drug-likeness (QED) is 0.909. The van der Waals surface area contributed by atoms with E-state index in [2.05, 4.69) is 31.2 Å². The van der Waals surface area contributed by atoms with Gasteiger partial charge in [0.05, 0.1) is 13.3 Å². The van der Waals surface area contributed by atoms with Gasteiger partial charge in [0.25, 0.3) is 5.88 Å². The lowest BCUT2D eigenvalue weighted by Crippen LogP contribution is -2.27. The molecule has 7 heteroatoms. The first-order chi connectivity index (χ1) is 7.81. The maximum atomic E-state index is 11.5. The van der Waals surface area contributed by atoms with Crippen LogP contribution in [0.25, 0.3) is 0 Å². The van der Waals surface area contributed by atoms with E-state index < -0.39 is 11.7 Å². The fourth-order valence-corrected chi connectivity index (χ4v) is 1.24. The number of methoxy groups -OCH3 is 1. The van der Waals surface area contributed by atoms with Crippen molar-refractivity contribution in [2.24, 2.45) is 0 Å². The van der Waals surface area contributed by atoms with E-state index >= 15 is 0 Å². The number of halogens is 1. The normalized spacial score (nSPS) is 10.9. The molecule has 0 aliphatic rings. The Morgan fingerprint density at radius 1 is 1.47 bits per heavy atom. The van der Waals surface area contributed by atoms with Crippen LogP contribution in [0.2, 0.25) is 0 Å². The zero-order valence-electron chi connectivity index (χ0n) is 10.1. The lowest BCUT2D eigenvalue weighted by Gasteiger charge is -2.19. The lowest BCUT2D eigenvalue weighted by atomic mass is 10.2. The van der Waals surface area contributed by atoms with Gasteiger partial charge < -0.3 is 9.47 Å². The third kappa shape index (κ3) is 4.56. The van der Waals surface area contributed by atoms with Gasteiger partial charge in [-0.05, 0) is 36.7 Å². The Balaban J connectivity index is 2.78. The highest BCUT2D eigenvalue weighted by atomic mass is 79.9. The SMILES string of the molecule is COc1nc(Br)cnc1NC(=O)OC(C)(C)C. The maximum absolute atomic E-state index is 11.5. The molecule has 0 saturated carbocycles. The number of anilines is 1. The highest BCUT2D eigenvalue weighted by Crippen LogP contribution is 2.21. The van der Waals surface area contributed by atoms with Crippen molar-refractivity contribution in [1.29, 1.82) is 0 Å². The van der Waals surface area contributed by atoms with Gasteiger partial charge >= 0.3 is 6.09 Å². The van der Waals surface area contributed by atoms with Gasteiger partial charge in [-0.3, -0.25) is 5.32 Å². The predicted octanol–water partition coefficient (Wildman–Crippen LogP) is 2.59. The van der Waals surface area contributed by atoms with Crippen LogP contribution in [-0.4, -0.2) is 28.8 Å². The molecular weight excluding hydrogens is 290 g/mol. The molecule has 0 saturated heterocycles. The van der Waals surface area contributed by atoms with Gasteiger partial charge in [0.15, 0.2) is 5.82 Å². The molecule has 0 spiro atoms. The van der Waals surface area contributed by atoms with E-state index in [1.54, 1.807) is 20.8 Å². The van der Waals surface area contributed by atoms with E-state index in [1.165, 1.54) is 13.3 Å². The number of aromatic nitrogens is 2. The smallest absolute Gasteiger partial charge is 0.413 e. The molecule has 1 aromatic heterocycles. The van der Waals surface area contributed by atoms with Crippen molar-refractivity contribution < 1.29 is 14.3 Å². The molecule has 1 heterocycles. The predicted molar refractivity (Wildman–Crippen MR) is 66.1 cm³/mol. The monoisotopic (exact) mass is 303 g/mol. The number of ether oxygens (including phenoxy) is 2. The first kappa shape index (κ1) is 13.7. The summed E-state index contributed by atoms with van der Waals surface area (Å²) in [6.07, 6.45) is 0.849. The summed E-state index contributed by atoms with van der Waals surface area (Å²) in [6, 6.07) is 0. The molecule has 1 rings (SSSR count). The van der Waals surface area contributed by atoms with Crippen molar-refractivity contribution in [2.45, 2.75) is 26.4 Å². The Morgan fingerprint density at radius 2 is 2.12 bits per heavy atom. The van der Waals surface area contributed by atoms with Crippen molar-refractivity contribution in [1.82, 2.24) is 9.97 Å². The Morgan fingerprint density at radius 3 is 2.65 bits per heavy atom. The van der Waals surface area contributed by atoms with E-state index in [0.717, 1.165) is 0 Å². The molecule has 1 amide bonds.